The van der Waals surface area contributed by atoms with Crippen molar-refractivity contribution in [2.75, 3.05) is 32.0 Å². The lowest BCUT2D eigenvalue weighted by Crippen LogP contribution is -2.41. The normalized spacial score (nSPS) is 17.5. The molecule has 2 aliphatic rings. The van der Waals surface area contributed by atoms with Gasteiger partial charge in [0.15, 0.2) is 0 Å². The van der Waals surface area contributed by atoms with E-state index in [0.29, 0.717) is 46.9 Å². The van der Waals surface area contributed by atoms with E-state index in [1.807, 2.05) is 60.3 Å². The van der Waals surface area contributed by atoms with Crippen LogP contribution in [-0.2, 0) is 4.79 Å². The van der Waals surface area contributed by atoms with Crippen molar-refractivity contribution in [1.82, 2.24) is 9.80 Å². The number of carbonyl (C=O) groups is 1. The number of rotatable bonds is 4. The molecule has 1 amide bonds. The molecule has 0 spiro atoms. The summed E-state index contributed by atoms with van der Waals surface area (Å²) in [4.78, 5) is 17.3. The van der Waals surface area contributed by atoms with Crippen LogP contribution in [0.15, 0.2) is 65.0 Å². The maximum Gasteiger partial charge on any atom is 0.257 e. The van der Waals surface area contributed by atoms with E-state index in [4.69, 9.17) is 23.2 Å². The van der Waals surface area contributed by atoms with Gasteiger partial charge in [0, 0.05) is 37.0 Å². The Morgan fingerprint density at radius 2 is 1.78 bits per heavy atom. The van der Waals surface area contributed by atoms with E-state index < -0.39 is 0 Å². The maximum absolute atomic E-state index is 13.5. The Balaban J connectivity index is 1.51. The van der Waals surface area contributed by atoms with Gasteiger partial charge in [-0.1, -0.05) is 41.4 Å². The minimum Gasteiger partial charge on any atom is -0.374 e. The summed E-state index contributed by atoms with van der Waals surface area (Å²) in [6.45, 7) is 3.78. The molecule has 0 aromatic heterocycles. The highest BCUT2D eigenvalue weighted by atomic mass is 35.5. The summed E-state index contributed by atoms with van der Waals surface area (Å²) in [7, 11) is 1.90. The minimum atomic E-state index is -0.228. The molecule has 4 rings (SSSR count). The van der Waals surface area contributed by atoms with Gasteiger partial charge in [0.05, 0.1) is 22.8 Å². The van der Waals surface area contributed by atoms with Crippen molar-refractivity contribution in [3.63, 3.8) is 0 Å². The van der Waals surface area contributed by atoms with Gasteiger partial charge in [0.25, 0.3) is 5.91 Å². The molecule has 0 atom stereocenters. The Hall–Kier alpha value is -2.50. The summed E-state index contributed by atoms with van der Waals surface area (Å²) >= 11 is 12.8. The van der Waals surface area contributed by atoms with Gasteiger partial charge in [-0.3, -0.25) is 4.79 Å². The van der Waals surface area contributed by atoms with Crippen LogP contribution < -0.4 is 5.32 Å². The summed E-state index contributed by atoms with van der Waals surface area (Å²) in [6, 6.07) is 12.3. The van der Waals surface area contributed by atoms with E-state index >= 15 is 0 Å². The molecule has 2 aromatic rings. The highest BCUT2D eigenvalue weighted by Crippen LogP contribution is 2.33. The molecule has 7 heteroatoms. The first kappa shape index (κ1) is 22.7. The fourth-order valence-electron chi connectivity index (χ4n) is 4.26. The second kappa shape index (κ2) is 9.55. The zero-order valence-electron chi connectivity index (χ0n) is 18.2. The Kier molecular flexibility index (Phi) is 6.77. The second-order valence-corrected chi connectivity index (χ2v) is 9.33. The number of anilines is 1. The third-order valence-electron chi connectivity index (χ3n) is 6.09. The number of aryl methyl sites for hydroxylation is 1. The number of benzene rings is 2. The van der Waals surface area contributed by atoms with Crippen molar-refractivity contribution < 1.29 is 9.18 Å². The molecule has 0 aliphatic carbocycles. The van der Waals surface area contributed by atoms with Crippen LogP contribution >= 0.6 is 23.2 Å². The van der Waals surface area contributed by atoms with Gasteiger partial charge in [0.2, 0.25) is 0 Å². The standard InChI is InChI=1S/C25H26Cl2FN3O/c1-16-3-6-19(26)13-23(16)29-24-21(14-30(2)15-22(24)27)25(32)31-11-9-18(10-12-31)17-4-7-20(28)8-5-17/h3-8,13-14,18,29H,9-12,15H2,1-2H3. The fourth-order valence-corrected chi connectivity index (χ4v) is 4.77. The van der Waals surface area contributed by atoms with Crippen molar-refractivity contribution in [3.8, 4) is 0 Å². The lowest BCUT2D eigenvalue weighted by Gasteiger charge is -2.35. The van der Waals surface area contributed by atoms with Crippen molar-refractivity contribution >= 4 is 34.8 Å². The zero-order chi connectivity index (χ0) is 22.8. The van der Waals surface area contributed by atoms with Gasteiger partial charge in [0.1, 0.15) is 5.82 Å². The van der Waals surface area contributed by atoms with Crippen molar-refractivity contribution in [3.05, 3.63) is 86.9 Å². The largest absolute Gasteiger partial charge is 0.374 e. The van der Waals surface area contributed by atoms with E-state index in [1.165, 1.54) is 12.1 Å². The van der Waals surface area contributed by atoms with Crippen LogP contribution in [0.1, 0.15) is 29.9 Å². The molecule has 2 heterocycles. The third kappa shape index (κ3) is 4.94. The molecule has 32 heavy (non-hydrogen) atoms. The lowest BCUT2D eigenvalue weighted by atomic mass is 9.89. The summed E-state index contributed by atoms with van der Waals surface area (Å²) in [6.07, 6.45) is 3.53. The Labute approximate surface area is 198 Å². The first-order valence-electron chi connectivity index (χ1n) is 10.7. The Morgan fingerprint density at radius 3 is 2.47 bits per heavy atom. The van der Waals surface area contributed by atoms with Crippen molar-refractivity contribution in [2.24, 2.45) is 0 Å². The smallest absolute Gasteiger partial charge is 0.257 e. The van der Waals surface area contributed by atoms with Crippen LogP contribution in [0.25, 0.3) is 0 Å². The van der Waals surface area contributed by atoms with Gasteiger partial charge < -0.3 is 15.1 Å². The average molecular weight is 474 g/mol. The SMILES string of the molecule is Cc1ccc(Cl)cc1NC1=C(Cl)CN(C)C=C1C(=O)N1CCC(c2ccc(F)cc2)CC1. The third-order valence-corrected chi connectivity index (χ3v) is 6.64. The van der Waals surface area contributed by atoms with E-state index in [0.717, 1.165) is 29.7 Å². The van der Waals surface area contributed by atoms with Gasteiger partial charge in [-0.2, -0.15) is 0 Å². The van der Waals surface area contributed by atoms with Gasteiger partial charge >= 0.3 is 0 Å². The maximum atomic E-state index is 13.5. The lowest BCUT2D eigenvalue weighted by molar-refractivity contribution is -0.128. The molecule has 168 valence electrons. The van der Waals surface area contributed by atoms with Crippen LogP contribution in [0.5, 0.6) is 0 Å². The van der Waals surface area contributed by atoms with Crippen LogP contribution in [0.3, 0.4) is 0 Å². The molecule has 0 bridgehead atoms. The fraction of sp³-hybridized carbons (Fsp3) is 0.320. The van der Waals surface area contributed by atoms with E-state index in [-0.39, 0.29) is 11.7 Å². The van der Waals surface area contributed by atoms with E-state index in [9.17, 15) is 9.18 Å². The predicted molar refractivity (Wildman–Crippen MR) is 128 cm³/mol. The number of nitrogens with zero attached hydrogens (tertiary/aromatic N) is 2. The molecule has 4 nitrogen and oxygen atoms in total. The van der Waals surface area contributed by atoms with Crippen molar-refractivity contribution in [1.29, 1.82) is 0 Å². The number of hydrogen-bond donors (Lipinski definition) is 1. The number of piperidine rings is 1. The first-order valence-corrected chi connectivity index (χ1v) is 11.5. The summed E-state index contributed by atoms with van der Waals surface area (Å²) < 4.78 is 13.2. The number of likely N-dealkylation sites (tertiary alicyclic amines) is 1. The van der Waals surface area contributed by atoms with Crippen LogP contribution in [0, 0.1) is 12.7 Å². The quantitative estimate of drug-likeness (QED) is 0.601. The number of nitrogens with one attached hydrogen (secondary N) is 1. The van der Waals surface area contributed by atoms with Crippen LogP contribution in [-0.4, -0.2) is 42.4 Å². The monoisotopic (exact) mass is 473 g/mol. The zero-order valence-corrected chi connectivity index (χ0v) is 19.7. The number of halogens is 3. The molecule has 0 radical (unpaired) electrons. The van der Waals surface area contributed by atoms with Gasteiger partial charge in [-0.05, 0) is 61.1 Å². The van der Waals surface area contributed by atoms with E-state index in [2.05, 4.69) is 5.32 Å². The minimum absolute atomic E-state index is 0.0468. The molecule has 1 N–H and O–H groups in total. The van der Waals surface area contributed by atoms with Gasteiger partial charge in [-0.25, -0.2) is 4.39 Å². The molecule has 1 saturated heterocycles. The predicted octanol–water partition coefficient (Wildman–Crippen LogP) is 5.89. The number of carbonyl (C=O) groups excluding carboxylic acids is 1. The van der Waals surface area contributed by atoms with Gasteiger partial charge in [-0.15, -0.1) is 0 Å². The molecule has 0 saturated carbocycles. The number of likely N-dealkylation sites (N-methyl/N-ethyl adjacent to an activating group) is 1. The van der Waals surface area contributed by atoms with Crippen molar-refractivity contribution in [2.45, 2.75) is 25.7 Å². The summed E-state index contributed by atoms with van der Waals surface area (Å²) in [5, 5.41) is 4.55. The molecule has 2 aromatic carbocycles. The second-order valence-electron chi connectivity index (χ2n) is 8.44. The van der Waals surface area contributed by atoms with E-state index in [1.54, 1.807) is 0 Å². The highest BCUT2D eigenvalue weighted by molar-refractivity contribution is 6.31. The first-order chi connectivity index (χ1) is 15.3. The summed E-state index contributed by atoms with van der Waals surface area (Å²) in [5.41, 5.74) is 4.13. The Bertz CT molecular complexity index is 1070. The van der Waals surface area contributed by atoms with Crippen LogP contribution in [0.2, 0.25) is 5.02 Å². The topological polar surface area (TPSA) is 35.6 Å². The highest BCUT2D eigenvalue weighted by Gasteiger charge is 2.30. The molecule has 0 unspecified atom stereocenters. The molecule has 1 fully saturated rings. The number of hydrogen-bond acceptors (Lipinski definition) is 3. The van der Waals surface area contributed by atoms with Crippen LogP contribution in [0.4, 0.5) is 10.1 Å². The number of amides is 1. The Morgan fingerprint density at radius 1 is 1.09 bits per heavy atom. The molecular formula is C25H26Cl2FN3O. The summed E-state index contributed by atoms with van der Waals surface area (Å²) in [5.74, 6) is 0.0521. The molecular weight excluding hydrogens is 448 g/mol. The molecule has 2 aliphatic heterocycles. The average Bonchev–Trinajstić information content (AvgIpc) is 2.78.